The molecule has 1 aliphatic heterocycles. The third-order valence-corrected chi connectivity index (χ3v) is 4.43. The highest BCUT2D eigenvalue weighted by Crippen LogP contribution is 2.22. The van der Waals surface area contributed by atoms with Crippen molar-refractivity contribution in [3.05, 3.63) is 24.0 Å². The molecule has 2 N–H and O–H groups in total. The van der Waals surface area contributed by atoms with E-state index in [0.29, 0.717) is 17.7 Å². The number of aliphatic hydroxyl groups is 1. The molecule has 0 aliphatic carbocycles. The Morgan fingerprint density at radius 3 is 2.76 bits per heavy atom. The quantitative estimate of drug-likeness (QED) is 0.786. The van der Waals surface area contributed by atoms with E-state index in [4.69, 9.17) is 0 Å². The highest BCUT2D eigenvalue weighted by atomic mass is 16.3. The first-order chi connectivity index (χ1) is 11.9. The zero-order valence-electron chi connectivity index (χ0n) is 15.9. The van der Waals surface area contributed by atoms with E-state index >= 15 is 0 Å². The van der Waals surface area contributed by atoms with Crippen molar-refractivity contribution in [1.82, 2.24) is 15.2 Å². The summed E-state index contributed by atoms with van der Waals surface area (Å²) in [4.78, 5) is 21.2. The van der Waals surface area contributed by atoms with E-state index in [1.54, 1.807) is 6.20 Å². The van der Waals surface area contributed by atoms with E-state index in [1.165, 1.54) is 0 Å². The SMILES string of the molecule is CC(C)CN1CCN(c2ccnc(C(=O)NC(C)C)c2)CC1CCO. The summed E-state index contributed by atoms with van der Waals surface area (Å²) < 4.78 is 0. The number of aliphatic hydroxyl groups excluding tert-OH is 1. The first-order valence-electron chi connectivity index (χ1n) is 9.27. The summed E-state index contributed by atoms with van der Waals surface area (Å²) in [5.74, 6) is 0.474. The molecule has 1 aliphatic rings. The second-order valence-corrected chi connectivity index (χ2v) is 7.53. The zero-order valence-corrected chi connectivity index (χ0v) is 15.9. The van der Waals surface area contributed by atoms with Crippen LogP contribution in [0.25, 0.3) is 0 Å². The fourth-order valence-corrected chi connectivity index (χ4v) is 3.34. The number of aromatic nitrogens is 1. The third kappa shape index (κ3) is 5.68. The summed E-state index contributed by atoms with van der Waals surface area (Å²) in [6.45, 7) is 12.3. The Kier molecular flexibility index (Phi) is 7.20. The Hall–Kier alpha value is -1.66. The molecule has 0 spiro atoms. The zero-order chi connectivity index (χ0) is 18.4. The maximum Gasteiger partial charge on any atom is 0.270 e. The molecule has 1 amide bonds. The molecule has 0 saturated carbocycles. The van der Waals surface area contributed by atoms with Gasteiger partial charge in [0.2, 0.25) is 0 Å². The minimum Gasteiger partial charge on any atom is -0.396 e. The molecule has 25 heavy (non-hydrogen) atoms. The molecule has 1 unspecified atom stereocenters. The van der Waals surface area contributed by atoms with Crippen LogP contribution in [0.5, 0.6) is 0 Å². The summed E-state index contributed by atoms with van der Waals surface area (Å²) in [6.07, 6.45) is 2.47. The van der Waals surface area contributed by atoms with Gasteiger partial charge >= 0.3 is 0 Å². The van der Waals surface area contributed by atoms with Gasteiger partial charge in [-0.05, 0) is 38.3 Å². The maximum absolute atomic E-state index is 12.2. The van der Waals surface area contributed by atoms with Crippen molar-refractivity contribution in [2.45, 2.75) is 46.2 Å². The molecule has 0 radical (unpaired) electrons. The average molecular weight is 348 g/mol. The minimum absolute atomic E-state index is 0.0893. The second kappa shape index (κ2) is 9.15. The van der Waals surface area contributed by atoms with Crippen LogP contribution in [0.2, 0.25) is 0 Å². The van der Waals surface area contributed by atoms with Gasteiger partial charge < -0.3 is 15.3 Å². The third-order valence-electron chi connectivity index (χ3n) is 4.43. The van der Waals surface area contributed by atoms with Gasteiger partial charge in [-0.25, -0.2) is 0 Å². The van der Waals surface area contributed by atoms with Crippen LogP contribution in [0.3, 0.4) is 0 Å². The highest BCUT2D eigenvalue weighted by Gasteiger charge is 2.27. The largest absolute Gasteiger partial charge is 0.396 e. The van der Waals surface area contributed by atoms with Gasteiger partial charge in [-0.2, -0.15) is 0 Å². The molecule has 0 aromatic carbocycles. The maximum atomic E-state index is 12.2. The first kappa shape index (κ1) is 19.7. The minimum atomic E-state index is -0.137. The van der Waals surface area contributed by atoms with Gasteiger partial charge in [0, 0.05) is 56.8 Å². The molecule has 2 rings (SSSR count). The number of hydrogen-bond acceptors (Lipinski definition) is 5. The van der Waals surface area contributed by atoms with Gasteiger partial charge in [-0.3, -0.25) is 14.7 Å². The lowest BCUT2D eigenvalue weighted by molar-refractivity contribution is 0.0938. The average Bonchev–Trinajstić information content (AvgIpc) is 2.56. The Morgan fingerprint density at radius 1 is 1.36 bits per heavy atom. The van der Waals surface area contributed by atoms with E-state index in [-0.39, 0.29) is 18.6 Å². The first-order valence-corrected chi connectivity index (χ1v) is 9.27. The number of hydrogen-bond donors (Lipinski definition) is 2. The molecule has 6 nitrogen and oxygen atoms in total. The van der Waals surface area contributed by atoms with Crippen LogP contribution in [0, 0.1) is 5.92 Å². The van der Waals surface area contributed by atoms with Gasteiger partial charge in [0.15, 0.2) is 0 Å². The summed E-state index contributed by atoms with van der Waals surface area (Å²) in [6, 6.07) is 4.25. The van der Waals surface area contributed by atoms with Gasteiger partial charge in [0.1, 0.15) is 5.69 Å². The fourth-order valence-electron chi connectivity index (χ4n) is 3.34. The number of pyridine rings is 1. The Morgan fingerprint density at radius 2 is 2.12 bits per heavy atom. The molecule has 0 bridgehead atoms. The lowest BCUT2D eigenvalue weighted by Crippen LogP contribution is -2.54. The standard InChI is InChI=1S/C19H32N4O2/c1-14(2)12-22-8-9-23(13-17(22)6-10-24)16-5-7-20-18(11-16)19(25)21-15(3)4/h5,7,11,14-15,17,24H,6,8-10,12-13H2,1-4H3,(H,21,25). The van der Waals surface area contributed by atoms with Gasteiger partial charge in [0.25, 0.3) is 5.91 Å². The van der Waals surface area contributed by atoms with Crippen LogP contribution in [0.1, 0.15) is 44.6 Å². The number of carbonyl (C=O) groups is 1. The molecule has 1 saturated heterocycles. The molecule has 6 heteroatoms. The predicted octanol–water partition coefficient (Wildman–Crippen LogP) is 1.75. The molecular formula is C19H32N4O2. The molecule has 1 aromatic rings. The van der Waals surface area contributed by atoms with Crippen molar-refractivity contribution in [3.63, 3.8) is 0 Å². The van der Waals surface area contributed by atoms with Gasteiger partial charge in [0.05, 0.1) is 0 Å². The number of nitrogens with zero attached hydrogens (tertiary/aromatic N) is 3. The highest BCUT2D eigenvalue weighted by molar-refractivity contribution is 5.93. The Bertz CT molecular complexity index is 562. The van der Waals surface area contributed by atoms with E-state index in [2.05, 4.69) is 33.9 Å². The van der Waals surface area contributed by atoms with E-state index in [9.17, 15) is 9.90 Å². The molecular weight excluding hydrogens is 316 g/mol. The Labute approximate surface area is 151 Å². The number of rotatable bonds is 7. The van der Waals surface area contributed by atoms with Crippen LogP contribution >= 0.6 is 0 Å². The summed E-state index contributed by atoms with van der Waals surface area (Å²) in [7, 11) is 0. The number of piperazine rings is 1. The number of anilines is 1. The van der Waals surface area contributed by atoms with Crippen LogP contribution < -0.4 is 10.2 Å². The van der Waals surface area contributed by atoms with E-state index < -0.39 is 0 Å². The van der Waals surface area contributed by atoms with Crippen LogP contribution in [-0.4, -0.2) is 65.8 Å². The van der Waals surface area contributed by atoms with Crippen LogP contribution in [-0.2, 0) is 0 Å². The molecule has 1 atom stereocenters. The van der Waals surface area contributed by atoms with Crippen molar-refractivity contribution >= 4 is 11.6 Å². The van der Waals surface area contributed by atoms with E-state index in [1.807, 2.05) is 26.0 Å². The Balaban J connectivity index is 2.10. The van der Waals surface area contributed by atoms with Crippen molar-refractivity contribution in [2.75, 3.05) is 37.7 Å². The molecule has 1 aromatic heterocycles. The lowest BCUT2D eigenvalue weighted by atomic mass is 10.1. The second-order valence-electron chi connectivity index (χ2n) is 7.53. The van der Waals surface area contributed by atoms with Crippen molar-refractivity contribution in [3.8, 4) is 0 Å². The molecule has 1 fully saturated rings. The van der Waals surface area contributed by atoms with Crippen molar-refractivity contribution < 1.29 is 9.90 Å². The van der Waals surface area contributed by atoms with E-state index in [0.717, 1.165) is 38.3 Å². The number of amides is 1. The van der Waals surface area contributed by atoms with Gasteiger partial charge in [-0.15, -0.1) is 0 Å². The number of nitrogens with one attached hydrogen (secondary N) is 1. The topological polar surface area (TPSA) is 68.7 Å². The summed E-state index contributed by atoms with van der Waals surface area (Å²) in [5.41, 5.74) is 1.48. The lowest BCUT2D eigenvalue weighted by Gasteiger charge is -2.43. The summed E-state index contributed by atoms with van der Waals surface area (Å²) in [5, 5.41) is 12.3. The van der Waals surface area contributed by atoms with Crippen LogP contribution in [0.4, 0.5) is 5.69 Å². The monoisotopic (exact) mass is 348 g/mol. The predicted molar refractivity (Wildman–Crippen MR) is 101 cm³/mol. The summed E-state index contributed by atoms with van der Waals surface area (Å²) >= 11 is 0. The van der Waals surface area contributed by atoms with Crippen molar-refractivity contribution in [1.29, 1.82) is 0 Å². The van der Waals surface area contributed by atoms with Gasteiger partial charge in [-0.1, -0.05) is 13.8 Å². The molecule has 140 valence electrons. The normalized spacial score (nSPS) is 18.8. The van der Waals surface area contributed by atoms with Crippen molar-refractivity contribution in [2.24, 2.45) is 5.92 Å². The molecule has 2 heterocycles. The fraction of sp³-hybridized carbons (Fsp3) is 0.684. The van der Waals surface area contributed by atoms with Crippen LogP contribution in [0.15, 0.2) is 18.3 Å². The number of carbonyl (C=O) groups excluding carboxylic acids is 1. The smallest absolute Gasteiger partial charge is 0.270 e.